The minimum absolute atomic E-state index is 0.0628. The monoisotopic (exact) mass is 287 g/mol. The fourth-order valence-electron chi connectivity index (χ4n) is 1.69. The van der Waals surface area contributed by atoms with E-state index in [9.17, 15) is 14.0 Å². The summed E-state index contributed by atoms with van der Waals surface area (Å²) < 4.78 is 13.2. The van der Waals surface area contributed by atoms with Crippen LogP contribution in [0.4, 0.5) is 4.39 Å². The molecule has 1 rings (SSSR count). The van der Waals surface area contributed by atoms with Crippen molar-refractivity contribution in [2.45, 2.75) is 32.2 Å². The largest absolute Gasteiger partial charge is 0.481 e. The van der Waals surface area contributed by atoms with Gasteiger partial charge < -0.3 is 10.4 Å². The molecule has 1 atom stereocenters. The Morgan fingerprint density at radius 3 is 2.68 bits per heavy atom. The summed E-state index contributed by atoms with van der Waals surface area (Å²) in [5.41, 5.74) is 0.119. The summed E-state index contributed by atoms with van der Waals surface area (Å²) in [4.78, 5) is 22.5. The summed E-state index contributed by atoms with van der Waals surface area (Å²) in [7, 11) is 0. The van der Waals surface area contributed by atoms with Gasteiger partial charge >= 0.3 is 5.97 Å². The molecule has 0 radical (unpaired) electrons. The Labute approximate surface area is 115 Å². The standard InChI is InChI=1S/C13H15ClFNO3/c1-2-3-9(7-12(17)18)16-13(19)8-4-5-10(14)11(15)6-8/h4-6,9H,2-3,7H2,1H3,(H,16,19)(H,17,18). The molecule has 0 aliphatic rings. The highest BCUT2D eigenvalue weighted by Gasteiger charge is 2.17. The van der Waals surface area contributed by atoms with E-state index in [0.29, 0.717) is 6.42 Å². The highest BCUT2D eigenvalue weighted by molar-refractivity contribution is 6.30. The Hall–Kier alpha value is -1.62. The highest BCUT2D eigenvalue weighted by Crippen LogP contribution is 2.16. The molecule has 19 heavy (non-hydrogen) atoms. The van der Waals surface area contributed by atoms with E-state index >= 15 is 0 Å². The van der Waals surface area contributed by atoms with Crippen LogP contribution in [-0.2, 0) is 4.79 Å². The fraction of sp³-hybridized carbons (Fsp3) is 0.385. The van der Waals surface area contributed by atoms with Gasteiger partial charge in [-0.1, -0.05) is 24.9 Å². The van der Waals surface area contributed by atoms with Crippen LogP contribution < -0.4 is 5.32 Å². The zero-order valence-electron chi connectivity index (χ0n) is 10.5. The number of carboxylic acids is 1. The Morgan fingerprint density at radius 1 is 1.47 bits per heavy atom. The van der Waals surface area contributed by atoms with Crippen molar-refractivity contribution < 1.29 is 19.1 Å². The van der Waals surface area contributed by atoms with Gasteiger partial charge in [0.2, 0.25) is 0 Å². The average Bonchev–Trinajstić information content (AvgIpc) is 2.32. The molecule has 0 aliphatic heterocycles. The number of rotatable bonds is 6. The number of aliphatic carboxylic acids is 1. The predicted molar refractivity (Wildman–Crippen MR) is 69.8 cm³/mol. The molecule has 6 heteroatoms. The second-order valence-electron chi connectivity index (χ2n) is 4.19. The number of hydrogen-bond donors (Lipinski definition) is 2. The van der Waals surface area contributed by atoms with Gasteiger partial charge in [-0.15, -0.1) is 0 Å². The number of carbonyl (C=O) groups is 2. The van der Waals surface area contributed by atoms with Crippen LogP contribution >= 0.6 is 11.6 Å². The van der Waals surface area contributed by atoms with Crippen LogP contribution in [0.2, 0.25) is 5.02 Å². The fourth-order valence-corrected chi connectivity index (χ4v) is 1.81. The lowest BCUT2D eigenvalue weighted by Gasteiger charge is -2.16. The number of halogens is 2. The van der Waals surface area contributed by atoms with E-state index in [4.69, 9.17) is 16.7 Å². The molecule has 0 aliphatic carbocycles. The van der Waals surface area contributed by atoms with E-state index in [1.54, 1.807) is 0 Å². The molecule has 4 nitrogen and oxygen atoms in total. The van der Waals surface area contributed by atoms with Crippen molar-refractivity contribution in [1.29, 1.82) is 0 Å². The minimum atomic E-state index is -0.985. The molecule has 0 saturated carbocycles. The molecule has 2 N–H and O–H groups in total. The highest BCUT2D eigenvalue weighted by atomic mass is 35.5. The molecular formula is C13H15ClFNO3. The second-order valence-corrected chi connectivity index (χ2v) is 4.59. The van der Waals surface area contributed by atoms with Crippen molar-refractivity contribution in [3.8, 4) is 0 Å². The van der Waals surface area contributed by atoms with Crippen molar-refractivity contribution in [1.82, 2.24) is 5.32 Å². The number of carboxylic acid groups (broad SMARTS) is 1. The van der Waals surface area contributed by atoms with Crippen LogP contribution in [0.5, 0.6) is 0 Å². The first-order chi connectivity index (χ1) is 8.93. The lowest BCUT2D eigenvalue weighted by atomic mass is 10.1. The summed E-state index contributed by atoms with van der Waals surface area (Å²) in [5, 5.41) is 11.3. The Morgan fingerprint density at radius 2 is 2.16 bits per heavy atom. The Balaban J connectivity index is 2.75. The third kappa shape index (κ3) is 4.87. The first-order valence-corrected chi connectivity index (χ1v) is 6.29. The second kappa shape index (κ2) is 7.09. The zero-order chi connectivity index (χ0) is 14.4. The lowest BCUT2D eigenvalue weighted by Crippen LogP contribution is -2.36. The third-order valence-electron chi connectivity index (χ3n) is 2.58. The molecule has 0 fully saturated rings. The van der Waals surface area contributed by atoms with E-state index in [2.05, 4.69) is 5.32 Å². The summed E-state index contributed by atoms with van der Waals surface area (Å²) in [6.07, 6.45) is 1.14. The van der Waals surface area contributed by atoms with E-state index in [1.165, 1.54) is 12.1 Å². The van der Waals surface area contributed by atoms with Crippen molar-refractivity contribution in [2.24, 2.45) is 0 Å². The van der Waals surface area contributed by atoms with Crippen molar-refractivity contribution >= 4 is 23.5 Å². The molecule has 0 bridgehead atoms. The minimum Gasteiger partial charge on any atom is -0.481 e. The molecule has 0 saturated heterocycles. The quantitative estimate of drug-likeness (QED) is 0.845. The van der Waals surface area contributed by atoms with Crippen LogP contribution in [-0.4, -0.2) is 23.0 Å². The Kier molecular flexibility index (Phi) is 5.76. The normalized spacial score (nSPS) is 11.9. The van der Waals surface area contributed by atoms with E-state index < -0.39 is 23.7 Å². The number of amides is 1. The summed E-state index contributed by atoms with van der Waals surface area (Å²) in [6.45, 7) is 1.89. The maximum Gasteiger partial charge on any atom is 0.305 e. The average molecular weight is 288 g/mol. The van der Waals surface area contributed by atoms with Gasteiger partial charge in [0, 0.05) is 11.6 Å². The first-order valence-electron chi connectivity index (χ1n) is 5.91. The summed E-state index contributed by atoms with van der Waals surface area (Å²) in [6, 6.07) is 3.25. The van der Waals surface area contributed by atoms with Gasteiger partial charge in [0.1, 0.15) is 5.82 Å². The van der Waals surface area contributed by atoms with Gasteiger partial charge in [0.05, 0.1) is 11.4 Å². The molecule has 1 aromatic rings. The number of carbonyl (C=O) groups excluding carboxylic acids is 1. The molecule has 1 unspecified atom stereocenters. The predicted octanol–water partition coefficient (Wildman–Crippen LogP) is 2.85. The van der Waals surface area contributed by atoms with Gasteiger partial charge in [-0.25, -0.2) is 4.39 Å². The maximum absolute atomic E-state index is 13.2. The molecule has 0 aromatic heterocycles. The number of nitrogens with one attached hydrogen (secondary N) is 1. The van der Waals surface area contributed by atoms with Crippen LogP contribution in [0.15, 0.2) is 18.2 Å². The van der Waals surface area contributed by atoms with Gasteiger partial charge in [-0.2, -0.15) is 0 Å². The summed E-state index contributed by atoms with van der Waals surface area (Å²) >= 11 is 5.53. The SMILES string of the molecule is CCCC(CC(=O)O)NC(=O)c1ccc(Cl)c(F)c1. The number of hydrogen-bond acceptors (Lipinski definition) is 2. The summed E-state index contributed by atoms with van der Waals surface area (Å²) in [5.74, 6) is -2.17. The van der Waals surface area contributed by atoms with Crippen molar-refractivity contribution in [3.63, 3.8) is 0 Å². The van der Waals surface area contributed by atoms with Crippen molar-refractivity contribution in [2.75, 3.05) is 0 Å². The molecule has 0 spiro atoms. The smallest absolute Gasteiger partial charge is 0.305 e. The molecule has 104 valence electrons. The van der Waals surface area contributed by atoms with Crippen molar-refractivity contribution in [3.05, 3.63) is 34.6 Å². The van der Waals surface area contributed by atoms with E-state index in [1.807, 2.05) is 6.92 Å². The Bertz CT molecular complexity index is 479. The third-order valence-corrected chi connectivity index (χ3v) is 2.88. The topological polar surface area (TPSA) is 66.4 Å². The lowest BCUT2D eigenvalue weighted by molar-refractivity contribution is -0.137. The van der Waals surface area contributed by atoms with E-state index in [-0.39, 0.29) is 17.0 Å². The molecule has 0 heterocycles. The van der Waals surface area contributed by atoms with Crippen LogP contribution in [0.1, 0.15) is 36.5 Å². The molecule has 1 amide bonds. The van der Waals surface area contributed by atoms with Gasteiger partial charge in [-0.3, -0.25) is 9.59 Å². The first kappa shape index (κ1) is 15.4. The van der Waals surface area contributed by atoms with Crippen LogP contribution in [0, 0.1) is 5.82 Å². The van der Waals surface area contributed by atoms with Gasteiger partial charge in [0.25, 0.3) is 5.91 Å². The zero-order valence-corrected chi connectivity index (χ0v) is 11.2. The van der Waals surface area contributed by atoms with Gasteiger partial charge in [-0.05, 0) is 24.6 Å². The van der Waals surface area contributed by atoms with Crippen LogP contribution in [0.3, 0.4) is 0 Å². The van der Waals surface area contributed by atoms with Crippen LogP contribution in [0.25, 0.3) is 0 Å². The van der Waals surface area contributed by atoms with E-state index in [0.717, 1.165) is 12.5 Å². The maximum atomic E-state index is 13.2. The number of benzene rings is 1. The molecular weight excluding hydrogens is 273 g/mol. The molecule has 1 aromatic carbocycles. The van der Waals surface area contributed by atoms with Gasteiger partial charge in [0.15, 0.2) is 0 Å².